The molecule has 1 aromatic carbocycles. The largest absolute Gasteiger partial charge is 0.493 e. The molecular formula is C13H11N5O3. The number of nitrogens with zero attached hydrogens (tertiary/aromatic N) is 4. The molecule has 1 N–H and O–H groups in total. The van der Waals surface area contributed by atoms with Crippen LogP contribution in [0.2, 0.25) is 0 Å². The molecule has 0 unspecified atom stereocenters. The third-order valence-electron chi connectivity index (χ3n) is 3.34. The molecular weight excluding hydrogens is 274 g/mol. The Kier molecular flexibility index (Phi) is 2.59. The highest BCUT2D eigenvalue weighted by Gasteiger charge is 2.15. The Morgan fingerprint density at radius 2 is 2.33 bits per heavy atom. The van der Waals surface area contributed by atoms with Crippen molar-refractivity contribution in [2.75, 3.05) is 6.61 Å². The standard InChI is InChI=1S/C13H11N5O3/c19-13-16-14-7-18(13)6-11-15-12(17-21-11)9-1-2-10-8(5-9)3-4-20-10/h1-2,5,7H,3-4,6H2,(H,16,19). The van der Waals surface area contributed by atoms with Crippen molar-refractivity contribution in [3.8, 4) is 17.1 Å². The maximum absolute atomic E-state index is 11.4. The lowest BCUT2D eigenvalue weighted by atomic mass is 10.1. The van der Waals surface area contributed by atoms with Crippen molar-refractivity contribution in [2.45, 2.75) is 13.0 Å². The maximum Gasteiger partial charge on any atom is 0.343 e. The van der Waals surface area contributed by atoms with E-state index in [2.05, 4.69) is 20.3 Å². The summed E-state index contributed by atoms with van der Waals surface area (Å²) >= 11 is 0. The molecule has 0 saturated carbocycles. The van der Waals surface area contributed by atoms with Gasteiger partial charge in [0.1, 0.15) is 18.6 Å². The van der Waals surface area contributed by atoms with Crippen LogP contribution in [0.3, 0.4) is 0 Å². The molecule has 21 heavy (non-hydrogen) atoms. The lowest BCUT2D eigenvalue weighted by Crippen LogP contribution is -2.16. The van der Waals surface area contributed by atoms with Gasteiger partial charge in [-0.25, -0.2) is 9.89 Å². The van der Waals surface area contributed by atoms with E-state index in [9.17, 15) is 4.79 Å². The van der Waals surface area contributed by atoms with Gasteiger partial charge in [-0.1, -0.05) is 5.16 Å². The molecule has 3 heterocycles. The summed E-state index contributed by atoms with van der Waals surface area (Å²) in [6, 6.07) is 5.80. The minimum Gasteiger partial charge on any atom is -0.493 e. The first-order chi connectivity index (χ1) is 10.3. The van der Waals surface area contributed by atoms with Gasteiger partial charge < -0.3 is 9.26 Å². The quantitative estimate of drug-likeness (QED) is 0.756. The van der Waals surface area contributed by atoms with E-state index < -0.39 is 0 Å². The molecule has 8 heteroatoms. The van der Waals surface area contributed by atoms with Crippen LogP contribution in [0.5, 0.6) is 5.75 Å². The van der Waals surface area contributed by atoms with Gasteiger partial charge in [-0.15, -0.1) is 0 Å². The second kappa shape index (κ2) is 4.58. The number of ether oxygens (including phenoxy) is 1. The number of hydrogen-bond donors (Lipinski definition) is 1. The highest BCUT2D eigenvalue weighted by atomic mass is 16.5. The van der Waals surface area contributed by atoms with E-state index in [1.807, 2.05) is 18.2 Å². The number of hydrogen-bond acceptors (Lipinski definition) is 6. The highest BCUT2D eigenvalue weighted by Crippen LogP contribution is 2.29. The first-order valence-corrected chi connectivity index (χ1v) is 6.48. The van der Waals surface area contributed by atoms with Crippen LogP contribution in [0.15, 0.2) is 33.8 Å². The number of aromatic nitrogens is 5. The van der Waals surface area contributed by atoms with Gasteiger partial charge in [-0.3, -0.25) is 4.57 Å². The SMILES string of the molecule is O=c1[nH]ncn1Cc1nc(-c2ccc3c(c2)CCO3)no1. The van der Waals surface area contributed by atoms with Gasteiger partial charge in [-0.05, 0) is 23.8 Å². The number of rotatable bonds is 3. The minimum atomic E-state index is -0.315. The molecule has 4 rings (SSSR count). The lowest BCUT2D eigenvalue weighted by Gasteiger charge is -1.99. The molecule has 2 aromatic heterocycles. The molecule has 0 spiro atoms. The van der Waals surface area contributed by atoms with Crippen molar-refractivity contribution in [3.05, 3.63) is 46.5 Å². The second-order valence-corrected chi connectivity index (χ2v) is 4.72. The van der Waals surface area contributed by atoms with E-state index in [0.717, 1.165) is 23.3 Å². The van der Waals surface area contributed by atoms with E-state index >= 15 is 0 Å². The first kappa shape index (κ1) is 11.9. The normalized spacial score (nSPS) is 13.1. The molecule has 1 aliphatic rings. The monoisotopic (exact) mass is 285 g/mol. The Morgan fingerprint density at radius 1 is 1.38 bits per heavy atom. The molecule has 0 fully saturated rings. The van der Waals surface area contributed by atoms with E-state index in [0.29, 0.717) is 18.3 Å². The van der Waals surface area contributed by atoms with E-state index in [1.165, 1.54) is 10.9 Å². The number of fused-ring (bicyclic) bond motifs is 1. The van der Waals surface area contributed by atoms with E-state index in [1.54, 1.807) is 0 Å². The third-order valence-corrected chi connectivity index (χ3v) is 3.34. The summed E-state index contributed by atoms with van der Waals surface area (Å²) in [5.74, 6) is 1.76. The molecule has 0 amide bonds. The fourth-order valence-corrected chi connectivity index (χ4v) is 2.29. The number of nitrogens with one attached hydrogen (secondary N) is 1. The van der Waals surface area contributed by atoms with Crippen molar-refractivity contribution in [1.29, 1.82) is 0 Å². The Morgan fingerprint density at radius 3 is 3.19 bits per heavy atom. The summed E-state index contributed by atoms with van der Waals surface area (Å²) in [5.41, 5.74) is 1.70. The zero-order chi connectivity index (χ0) is 14.2. The number of H-pyrrole nitrogens is 1. The summed E-state index contributed by atoms with van der Waals surface area (Å²) in [5, 5.41) is 9.90. The Bertz CT molecular complexity index is 847. The van der Waals surface area contributed by atoms with E-state index in [4.69, 9.17) is 9.26 Å². The first-order valence-electron chi connectivity index (χ1n) is 6.48. The van der Waals surface area contributed by atoms with Crippen molar-refractivity contribution in [3.63, 3.8) is 0 Å². The lowest BCUT2D eigenvalue weighted by molar-refractivity contribution is 0.357. The van der Waals surface area contributed by atoms with Gasteiger partial charge in [0.05, 0.1) is 6.61 Å². The molecule has 3 aromatic rings. The third kappa shape index (κ3) is 2.10. The van der Waals surface area contributed by atoms with Crippen LogP contribution in [-0.4, -0.2) is 31.5 Å². The van der Waals surface area contributed by atoms with Crippen LogP contribution in [0.25, 0.3) is 11.4 Å². The summed E-state index contributed by atoms with van der Waals surface area (Å²) < 4.78 is 12.0. The Balaban J connectivity index is 1.62. The van der Waals surface area contributed by atoms with Crippen LogP contribution in [-0.2, 0) is 13.0 Å². The Labute approximate surface area is 118 Å². The van der Waals surface area contributed by atoms with Crippen molar-refractivity contribution < 1.29 is 9.26 Å². The summed E-state index contributed by atoms with van der Waals surface area (Å²) in [7, 11) is 0. The van der Waals surface area contributed by atoms with Crippen LogP contribution in [0.1, 0.15) is 11.5 Å². The van der Waals surface area contributed by atoms with Gasteiger partial charge >= 0.3 is 5.69 Å². The highest BCUT2D eigenvalue weighted by molar-refractivity contribution is 5.59. The molecule has 106 valence electrons. The summed E-state index contributed by atoms with van der Waals surface area (Å²) in [6.07, 6.45) is 2.28. The molecule has 8 nitrogen and oxygen atoms in total. The van der Waals surface area contributed by atoms with Crippen LogP contribution in [0.4, 0.5) is 0 Å². The fraction of sp³-hybridized carbons (Fsp3) is 0.231. The summed E-state index contributed by atoms with van der Waals surface area (Å²) in [6.45, 7) is 0.899. The second-order valence-electron chi connectivity index (χ2n) is 4.72. The molecule has 0 atom stereocenters. The predicted octanol–water partition coefficient (Wildman–Crippen LogP) is 0.605. The summed E-state index contributed by atoms with van der Waals surface area (Å²) in [4.78, 5) is 15.7. The van der Waals surface area contributed by atoms with Crippen LogP contribution >= 0.6 is 0 Å². The van der Waals surface area contributed by atoms with Gasteiger partial charge in [0.25, 0.3) is 0 Å². The van der Waals surface area contributed by atoms with E-state index in [-0.39, 0.29) is 12.2 Å². The van der Waals surface area contributed by atoms with Gasteiger partial charge in [-0.2, -0.15) is 10.1 Å². The predicted molar refractivity (Wildman–Crippen MR) is 70.9 cm³/mol. The fourth-order valence-electron chi connectivity index (χ4n) is 2.29. The zero-order valence-electron chi connectivity index (χ0n) is 10.9. The smallest absolute Gasteiger partial charge is 0.343 e. The van der Waals surface area contributed by atoms with Crippen molar-refractivity contribution in [2.24, 2.45) is 0 Å². The van der Waals surface area contributed by atoms with Crippen LogP contribution < -0.4 is 10.4 Å². The maximum atomic E-state index is 11.4. The average molecular weight is 285 g/mol. The van der Waals surface area contributed by atoms with Crippen LogP contribution in [0, 0.1) is 0 Å². The van der Waals surface area contributed by atoms with Gasteiger partial charge in [0.15, 0.2) is 0 Å². The molecule has 0 saturated heterocycles. The molecule has 0 radical (unpaired) electrons. The van der Waals surface area contributed by atoms with Gasteiger partial charge in [0.2, 0.25) is 11.7 Å². The number of aromatic amines is 1. The molecule has 0 bridgehead atoms. The van der Waals surface area contributed by atoms with Gasteiger partial charge in [0, 0.05) is 12.0 Å². The number of benzene rings is 1. The average Bonchev–Trinajstić information content (AvgIpc) is 3.20. The molecule has 1 aliphatic heterocycles. The minimum absolute atomic E-state index is 0.191. The van der Waals surface area contributed by atoms with Crippen molar-refractivity contribution in [1.82, 2.24) is 24.9 Å². The van der Waals surface area contributed by atoms with Crippen molar-refractivity contribution >= 4 is 0 Å². The topological polar surface area (TPSA) is 98.8 Å². The molecule has 0 aliphatic carbocycles. The zero-order valence-corrected chi connectivity index (χ0v) is 10.9. The Hall–Kier alpha value is -2.90.